The van der Waals surface area contributed by atoms with E-state index in [-0.39, 0.29) is 5.75 Å². The molecule has 4 nitrogen and oxygen atoms in total. The summed E-state index contributed by atoms with van der Waals surface area (Å²) in [7, 11) is 0. The van der Waals surface area contributed by atoms with Gasteiger partial charge in [0.05, 0.1) is 0 Å². The van der Waals surface area contributed by atoms with E-state index < -0.39 is 12.1 Å². The number of aliphatic carboxylic acids is 1. The average Bonchev–Trinajstić information content (AvgIpc) is 2.24. The first-order chi connectivity index (χ1) is 7.09. The van der Waals surface area contributed by atoms with E-state index in [9.17, 15) is 4.79 Å². The van der Waals surface area contributed by atoms with Gasteiger partial charge in [-0.15, -0.1) is 0 Å². The van der Waals surface area contributed by atoms with Crippen molar-refractivity contribution in [3.05, 3.63) is 24.3 Å². The molecule has 2 N–H and O–H groups in total. The first-order valence-electron chi connectivity index (χ1n) is 3.92. The van der Waals surface area contributed by atoms with Gasteiger partial charge in [-0.1, -0.05) is 0 Å². The van der Waals surface area contributed by atoms with Crippen molar-refractivity contribution < 1.29 is 19.7 Å². The molecule has 0 aliphatic heterocycles. The predicted octanol–water partition coefficient (Wildman–Crippen LogP) is 3.02. The lowest BCUT2D eigenvalue weighted by molar-refractivity contribution is -0.144. The number of phenolic OH excluding ortho intramolecular Hbond substituents is 1. The maximum Gasteiger partial charge on any atom is 0.344 e. The molecule has 1 atom stereocenters. The molecule has 0 unspecified atom stereocenters. The number of phenols is 1. The van der Waals surface area contributed by atoms with Crippen molar-refractivity contribution in [2.24, 2.45) is 0 Å². The van der Waals surface area contributed by atoms with Gasteiger partial charge in [-0.3, -0.25) is 0 Å². The van der Waals surface area contributed by atoms with E-state index in [0.717, 1.165) is 0 Å². The summed E-state index contributed by atoms with van der Waals surface area (Å²) in [4.78, 5) is 10.4. The van der Waals surface area contributed by atoms with Crippen molar-refractivity contribution >= 4 is 43.2 Å². The van der Waals surface area contributed by atoms with E-state index in [1.807, 2.05) is 0 Å². The van der Waals surface area contributed by atoms with Gasteiger partial charge in [0, 0.05) is 37.2 Å². The lowest BCUT2D eigenvalue weighted by Crippen LogP contribution is -2.22. The van der Waals surface area contributed by atoms with Crippen LogP contribution in [0.15, 0.2) is 24.3 Å². The van der Waals surface area contributed by atoms with Crippen LogP contribution in [0.4, 0.5) is 0 Å². The molecule has 0 amide bonds. The Balaban J connectivity index is 0.000000921. The zero-order chi connectivity index (χ0) is 11.8. The maximum absolute atomic E-state index is 10.4. The second kappa shape index (κ2) is 7.97. The Morgan fingerprint density at radius 1 is 1.33 bits per heavy atom. The highest BCUT2D eigenvalue weighted by molar-refractivity contribution is 15.0. The van der Waals surface area contributed by atoms with Gasteiger partial charge in [0.15, 0.2) is 6.10 Å². The monoisotopic (exact) mass is 436 g/mol. The summed E-state index contributed by atoms with van der Waals surface area (Å²) in [6.45, 7) is 1.44. The highest BCUT2D eigenvalue weighted by atomic mass is 128. The zero-order valence-corrected chi connectivity index (χ0v) is 12.2. The van der Waals surface area contributed by atoms with Crippen molar-refractivity contribution in [1.82, 2.24) is 0 Å². The van der Waals surface area contributed by atoms with Gasteiger partial charge in [-0.2, -0.15) is 0 Å². The van der Waals surface area contributed by atoms with E-state index in [2.05, 4.69) is 37.2 Å². The minimum absolute atomic E-state index is 0.121. The Kier molecular flexibility index (Phi) is 7.83. The molecule has 0 saturated carbocycles. The molecule has 1 aromatic rings. The van der Waals surface area contributed by atoms with E-state index in [1.54, 1.807) is 0 Å². The maximum atomic E-state index is 10.4. The Labute approximate surface area is 111 Å². The number of hydrogen-bond donors (Lipinski definition) is 2. The van der Waals surface area contributed by atoms with Crippen LogP contribution in [0.25, 0.3) is 0 Å². The third-order valence-electron chi connectivity index (χ3n) is 1.50. The first-order valence-corrected chi connectivity index (χ1v) is 10.2. The topological polar surface area (TPSA) is 66.8 Å². The Morgan fingerprint density at radius 2 is 1.80 bits per heavy atom. The highest BCUT2D eigenvalue weighted by Gasteiger charge is 2.11. The summed E-state index contributed by atoms with van der Waals surface area (Å²) in [5.74, 6) is -0.476. The van der Waals surface area contributed by atoms with Gasteiger partial charge in [-0.05, 0) is 31.2 Å². The SMILES string of the molecule is C[C@@H](Oc1ccc(O)cc1)C(=O)O.II. The smallest absolute Gasteiger partial charge is 0.344 e. The second-order valence-electron chi connectivity index (χ2n) is 2.59. The van der Waals surface area contributed by atoms with Crippen molar-refractivity contribution in [3.8, 4) is 11.5 Å². The number of ether oxygens (including phenoxy) is 1. The molecule has 0 fully saturated rings. The molecular formula is C9H10I2O4. The zero-order valence-electron chi connectivity index (χ0n) is 7.85. The van der Waals surface area contributed by atoms with Crippen molar-refractivity contribution in [1.29, 1.82) is 0 Å². The molecule has 6 heteroatoms. The minimum atomic E-state index is -1.02. The number of halogens is 2. The molecule has 0 radical (unpaired) electrons. The first kappa shape index (κ1) is 14.8. The summed E-state index contributed by atoms with van der Waals surface area (Å²) < 4.78 is 5.02. The van der Waals surface area contributed by atoms with E-state index in [0.29, 0.717) is 5.75 Å². The second-order valence-corrected chi connectivity index (χ2v) is 2.59. The normalized spacial score (nSPS) is 10.9. The molecule has 0 aliphatic carbocycles. The van der Waals surface area contributed by atoms with Crippen LogP contribution >= 0.6 is 37.2 Å². The largest absolute Gasteiger partial charge is 0.508 e. The molecule has 0 bridgehead atoms. The third kappa shape index (κ3) is 6.03. The molecule has 0 aromatic heterocycles. The van der Waals surface area contributed by atoms with Crippen molar-refractivity contribution in [2.75, 3.05) is 0 Å². The third-order valence-corrected chi connectivity index (χ3v) is 1.50. The summed E-state index contributed by atoms with van der Waals surface area (Å²) in [6, 6.07) is 5.89. The standard InChI is InChI=1S/C9H10O4.I2/c1-6(9(11)12)13-8-4-2-7(10)3-5-8;1-2/h2-6,10H,1H3,(H,11,12);/t6-;/m1./s1. The summed E-state index contributed by atoms with van der Waals surface area (Å²) in [5.41, 5.74) is 0. The van der Waals surface area contributed by atoms with Crippen LogP contribution in [0.2, 0.25) is 0 Å². The number of benzene rings is 1. The molecule has 15 heavy (non-hydrogen) atoms. The average molecular weight is 436 g/mol. The lowest BCUT2D eigenvalue weighted by Gasteiger charge is -2.09. The number of carboxylic acids is 1. The predicted molar refractivity (Wildman–Crippen MR) is 73.9 cm³/mol. The van der Waals surface area contributed by atoms with Gasteiger partial charge >= 0.3 is 5.97 Å². The van der Waals surface area contributed by atoms with Gasteiger partial charge in [-0.25, -0.2) is 4.79 Å². The summed E-state index contributed by atoms with van der Waals surface area (Å²) >= 11 is 4.24. The Hall–Kier alpha value is -0.250. The number of hydrogen-bond acceptors (Lipinski definition) is 3. The summed E-state index contributed by atoms with van der Waals surface area (Å²) in [5, 5.41) is 17.5. The van der Waals surface area contributed by atoms with Crippen LogP contribution in [0.3, 0.4) is 0 Å². The highest BCUT2D eigenvalue weighted by Crippen LogP contribution is 2.16. The number of rotatable bonds is 3. The van der Waals surface area contributed by atoms with Crippen LogP contribution in [-0.4, -0.2) is 22.3 Å². The fraction of sp³-hybridized carbons (Fsp3) is 0.222. The molecule has 1 aromatic carbocycles. The molecule has 0 spiro atoms. The van der Waals surface area contributed by atoms with Crippen LogP contribution in [0.1, 0.15) is 6.92 Å². The minimum Gasteiger partial charge on any atom is -0.508 e. The van der Waals surface area contributed by atoms with Gasteiger partial charge in [0.1, 0.15) is 11.5 Å². The quantitative estimate of drug-likeness (QED) is 0.716. The molecule has 0 heterocycles. The van der Waals surface area contributed by atoms with E-state index in [4.69, 9.17) is 14.9 Å². The Morgan fingerprint density at radius 3 is 2.20 bits per heavy atom. The Bertz CT molecular complexity index is 299. The van der Waals surface area contributed by atoms with Crippen LogP contribution in [0.5, 0.6) is 11.5 Å². The van der Waals surface area contributed by atoms with Crippen LogP contribution in [0, 0.1) is 0 Å². The number of carboxylic acid groups (broad SMARTS) is 1. The van der Waals surface area contributed by atoms with Gasteiger partial charge in [0.25, 0.3) is 0 Å². The van der Waals surface area contributed by atoms with E-state index >= 15 is 0 Å². The number of aromatic hydroxyl groups is 1. The molecule has 84 valence electrons. The van der Waals surface area contributed by atoms with Crippen LogP contribution in [-0.2, 0) is 4.79 Å². The molecule has 0 aliphatic rings. The molecule has 1 rings (SSSR count). The lowest BCUT2D eigenvalue weighted by atomic mass is 10.3. The van der Waals surface area contributed by atoms with Crippen molar-refractivity contribution in [3.63, 3.8) is 0 Å². The van der Waals surface area contributed by atoms with Crippen LogP contribution < -0.4 is 4.74 Å². The summed E-state index contributed by atoms with van der Waals surface area (Å²) in [6.07, 6.45) is -0.885. The fourth-order valence-corrected chi connectivity index (χ4v) is 0.779. The molecular weight excluding hydrogens is 426 g/mol. The van der Waals surface area contributed by atoms with Gasteiger partial charge < -0.3 is 14.9 Å². The van der Waals surface area contributed by atoms with Crippen molar-refractivity contribution in [2.45, 2.75) is 13.0 Å². The van der Waals surface area contributed by atoms with Gasteiger partial charge in [0.2, 0.25) is 0 Å². The number of carbonyl (C=O) groups is 1. The van der Waals surface area contributed by atoms with E-state index in [1.165, 1.54) is 31.2 Å². The fourth-order valence-electron chi connectivity index (χ4n) is 0.779. The molecule has 0 saturated heterocycles.